The van der Waals surface area contributed by atoms with Crippen LogP contribution in [0.4, 0.5) is 8.78 Å². The third-order valence-electron chi connectivity index (χ3n) is 8.00. The Morgan fingerprint density at radius 2 is 1.89 bits per heavy atom. The number of carbonyl (C=O) groups excluding carboxylic acids is 1. The van der Waals surface area contributed by atoms with Crippen LogP contribution in [0.15, 0.2) is 35.3 Å². The van der Waals surface area contributed by atoms with E-state index in [9.17, 15) is 26.8 Å². The van der Waals surface area contributed by atoms with Gasteiger partial charge in [-0.3, -0.25) is 9.79 Å². The van der Waals surface area contributed by atoms with Gasteiger partial charge in [0.05, 0.1) is 11.3 Å². The van der Waals surface area contributed by atoms with Gasteiger partial charge in [0.1, 0.15) is 11.4 Å². The number of aliphatic imine (C=N–C) groups is 1. The number of carboxylic acids is 1. The lowest BCUT2D eigenvalue weighted by molar-refractivity contribution is -0.125. The Balaban J connectivity index is 1.32. The molecule has 3 aliphatic rings. The maximum atomic E-state index is 13.0. The minimum absolute atomic E-state index is 0.0938. The monoisotopic (exact) mass is 537 g/mol. The number of benzene rings is 1. The van der Waals surface area contributed by atoms with Gasteiger partial charge in [-0.2, -0.15) is 8.78 Å². The van der Waals surface area contributed by atoms with Gasteiger partial charge in [0.25, 0.3) is 12.0 Å². The van der Waals surface area contributed by atoms with Crippen molar-refractivity contribution in [3.05, 3.63) is 47.0 Å². The number of amidine groups is 1. The van der Waals surface area contributed by atoms with Gasteiger partial charge in [-0.05, 0) is 93.5 Å². The van der Waals surface area contributed by atoms with Crippen molar-refractivity contribution >= 4 is 27.7 Å². The summed E-state index contributed by atoms with van der Waals surface area (Å²) in [4.78, 5) is 28.8. The summed E-state index contributed by atoms with van der Waals surface area (Å²) < 4.78 is 52.2. The fraction of sp³-hybridized carbons (Fsp3) is 0.577. The molecule has 0 atom stereocenters. The SMILES string of the molecule is Cc1cc(C(=O)O)ccc1CCS(=O)(=O)N1CCC2(CC1)N=C(C1CCC(CC=C(F)F)CC1)NC2=O. The summed E-state index contributed by atoms with van der Waals surface area (Å²) in [6.45, 7) is 2.18. The fourth-order valence-electron chi connectivity index (χ4n) is 5.61. The summed E-state index contributed by atoms with van der Waals surface area (Å²) in [5.74, 6) is -0.334. The highest BCUT2D eigenvalue weighted by molar-refractivity contribution is 7.89. The molecule has 1 saturated carbocycles. The van der Waals surface area contributed by atoms with Crippen molar-refractivity contribution in [2.75, 3.05) is 18.8 Å². The molecule has 202 valence electrons. The van der Waals surface area contributed by atoms with E-state index in [1.807, 2.05) is 0 Å². The first kappa shape index (κ1) is 27.4. The minimum Gasteiger partial charge on any atom is -0.478 e. The second-order valence-corrected chi connectivity index (χ2v) is 12.4. The Morgan fingerprint density at radius 1 is 1.22 bits per heavy atom. The molecule has 1 aliphatic carbocycles. The molecule has 37 heavy (non-hydrogen) atoms. The third-order valence-corrected chi connectivity index (χ3v) is 9.87. The fourth-order valence-corrected chi connectivity index (χ4v) is 7.09. The zero-order valence-corrected chi connectivity index (χ0v) is 21.7. The van der Waals surface area contributed by atoms with E-state index in [-0.39, 0.29) is 48.6 Å². The molecule has 2 aliphatic heterocycles. The van der Waals surface area contributed by atoms with E-state index >= 15 is 0 Å². The van der Waals surface area contributed by atoms with Gasteiger partial charge in [0.15, 0.2) is 0 Å². The van der Waals surface area contributed by atoms with Crippen molar-refractivity contribution in [2.45, 2.75) is 63.8 Å². The molecule has 1 amide bonds. The summed E-state index contributed by atoms with van der Waals surface area (Å²) in [7, 11) is -3.56. The summed E-state index contributed by atoms with van der Waals surface area (Å²) in [6, 6.07) is 4.67. The number of nitrogens with one attached hydrogen (secondary N) is 1. The van der Waals surface area contributed by atoms with Crippen LogP contribution in [0.25, 0.3) is 0 Å². The van der Waals surface area contributed by atoms with Crippen LogP contribution in [0.2, 0.25) is 0 Å². The highest BCUT2D eigenvalue weighted by Gasteiger charge is 2.48. The van der Waals surface area contributed by atoms with Gasteiger partial charge in [-0.15, -0.1) is 0 Å². The number of carboxylic acid groups (broad SMARTS) is 1. The van der Waals surface area contributed by atoms with Crippen molar-refractivity contribution in [2.24, 2.45) is 16.8 Å². The molecule has 0 aromatic heterocycles. The molecular formula is C26H33F2N3O5S. The van der Waals surface area contributed by atoms with Gasteiger partial charge in [-0.1, -0.05) is 6.07 Å². The number of halogens is 2. The van der Waals surface area contributed by atoms with Crippen molar-refractivity contribution in [3.8, 4) is 0 Å². The summed E-state index contributed by atoms with van der Waals surface area (Å²) in [6.07, 6.45) is 3.78. The van der Waals surface area contributed by atoms with Crippen LogP contribution in [-0.4, -0.2) is 59.9 Å². The first-order chi connectivity index (χ1) is 17.5. The van der Waals surface area contributed by atoms with E-state index in [0.29, 0.717) is 25.1 Å². The zero-order valence-electron chi connectivity index (χ0n) is 20.9. The number of allylic oxidation sites excluding steroid dienone is 1. The Hall–Kier alpha value is -2.66. The molecule has 1 spiro atoms. The number of rotatable bonds is 8. The Labute approximate surface area is 215 Å². The van der Waals surface area contributed by atoms with Crippen LogP contribution in [0.3, 0.4) is 0 Å². The second kappa shape index (κ2) is 11.0. The van der Waals surface area contributed by atoms with Gasteiger partial charge < -0.3 is 10.4 Å². The van der Waals surface area contributed by atoms with Crippen molar-refractivity contribution in [1.82, 2.24) is 9.62 Å². The Bertz CT molecular complexity index is 1210. The number of piperidine rings is 1. The molecule has 2 heterocycles. The first-order valence-corrected chi connectivity index (χ1v) is 14.3. The molecule has 8 nitrogen and oxygen atoms in total. The highest BCUT2D eigenvalue weighted by atomic mass is 32.2. The molecule has 0 unspecified atom stereocenters. The highest BCUT2D eigenvalue weighted by Crippen LogP contribution is 2.37. The third kappa shape index (κ3) is 6.26. The molecular weight excluding hydrogens is 504 g/mol. The average molecular weight is 538 g/mol. The van der Waals surface area contributed by atoms with Gasteiger partial charge in [-0.25, -0.2) is 17.5 Å². The van der Waals surface area contributed by atoms with Crippen LogP contribution < -0.4 is 5.32 Å². The predicted molar refractivity (Wildman–Crippen MR) is 135 cm³/mol. The smallest absolute Gasteiger partial charge is 0.335 e. The number of sulfonamides is 1. The number of aryl methyl sites for hydroxylation is 2. The number of aromatic carboxylic acids is 1. The Kier molecular flexibility index (Phi) is 8.13. The summed E-state index contributed by atoms with van der Waals surface area (Å²) >= 11 is 0. The van der Waals surface area contributed by atoms with E-state index in [1.165, 1.54) is 16.4 Å². The lowest BCUT2D eigenvalue weighted by atomic mass is 9.80. The van der Waals surface area contributed by atoms with Crippen LogP contribution in [0.1, 0.15) is 66.4 Å². The quantitative estimate of drug-likeness (QED) is 0.522. The van der Waals surface area contributed by atoms with E-state index in [4.69, 9.17) is 10.1 Å². The maximum Gasteiger partial charge on any atom is 0.335 e. The van der Waals surface area contributed by atoms with E-state index in [1.54, 1.807) is 13.0 Å². The summed E-state index contributed by atoms with van der Waals surface area (Å²) in [5, 5.41) is 12.0. The van der Waals surface area contributed by atoms with Gasteiger partial charge in [0.2, 0.25) is 10.0 Å². The lowest BCUT2D eigenvalue weighted by Crippen LogP contribution is -2.51. The van der Waals surface area contributed by atoms with E-state index in [0.717, 1.165) is 42.9 Å². The largest absolute Gasteiger partial charge is 0.478 e. The normalized spacial score (nSPS) is 24.0. The first-order valence-electron chi connectivity index (χ1n) is 12.7. The van der Waals surface area contributed by atoms with E-state index in [2.05, 4.69) is 5.32 Å². The average Bonchev–Trinajstić information content (AvgIpc) is 3.17. The van der Waals surface area contributed by atoms with E-state index < -0.39 is 27.6 Å². The topological polar surface area (TPSA) is 116 Å². The standard InChI is InChI=1S/C26H33F2N3O5S/c1-17-16-21(24(32)33)8-7-19(17)10-15-37(35,36)31-13-11-26(12-14-31)25(34)29-23(30-26)20-5-2-18(3-6-20)4-9-22(27)28/h7-9,16,18,20H,2-6,10-15H2,1H3,(H,32,33)(H,29,30,34). The van der Waals surface area contributed by atoms with Crippen LogP contribution in [0, 0.1) is 18.8 Å². The maximum absolute atomic E-state index is 13.0. The van der Waals surface area contributed by atoms with Crippen molar-refractivity contribution in [3.63, 3.8) is 0 Å². The minimum atomic E-state index is -3.56. The second-order valence-electron chi connectivity index (χ2n) is 10.3. The molecule has 1 aromatic carbocycles. The summed E-state index contributed by atoms with van der Waals surface area (Å²) in [5.41, 5.74) is 0.739. The number of nitrogens with zero attached hydrogens (tertiary/aromatic N) is 2. The van der Waals surface area contributed by atoms with Gasteiger partial charge >= 0.3 is 5.97 Å². The van der Waals surface area contributed by atoms with Crippen molar-refractivity contribution < 1.29 is 31.9 Å². The lowest BCUT2D eigenvalue weighted by Gasteiger charge is -2.34. The molecule has 1 aromatic rings. The number of hydrogen-bond donors (Lipinski definition) is 2. The van der Waals surface area contributed by atoms with Gasteiger partial charge in [0, 0.05) is 19.0 Å². The van der Waals surface area contributed by atoms with Crippen LogP contribution in [0.5, 0.6) is 0 Å². The van der Waals surface area contributed by atoms with Crippen LogP contribution >= 0.6 is 0 Å². The Morgan fingerprint density at radius 3 is 2.49 bits per heavy atom. The molecule has 1 saturated heterocycles. The molecule has 2 fully saturated rings. The van der Waals surface area contributed by atoms with Crippen molar-refractivity contribution in [1.29, 1.82) is 0 Å². The zero-order chi connectivity index (χ0) is 26.8. The molecule has 11 heteroatoms. The molecule has 4 rings (SSSR count). The molecule has 0 bridgehead atoms. The number of carbonyl (C=O) groups is 2. The number of hydrogen-bond acceptors (Lipinski definition) is 5. The predicted octanol–water partition coefficient (Wildman–Crippen LogP) is 3.91. The van der Waals surface area contributed by atoms with Crippen LogP contribution in [-0.2, 0) is 21.2 Å². The molecule has 2 N–H and O–H groups in total. The number of amides is 1. The molecule has 0 radical (unpaired) electrons.